The summed E-state index contributed by atoms with van der Waals surface area (Å²) in [5, 5.41) is 9.29. The van der Waals surface area contributed by atoms with Gasteiger partial charge < -0.3 is 15.6 Å². The molecule has 0 bridgehead atoms. The molecule has 1 aromatic rings. The highest BCUT2D eigenvalue weighted by Gasteiger charge is 2.32. The number of alkyl halides is 3. The Hall–Kier alpha value is -2.52. The van der Waals surface area contributed by atoms with Crippen LogP contribution >= 0.6 is 0 Å². The van der Waals surface area contributed by atoms with E-state index in [1.54, 1.807) is 20.8 Å². The molecule has 7 nitrogen and oxygen atoms in total. The molecule has 1 aromatic heterocycles. The molecule has 0 aliphatic heterocycles. The van der Waals surface area contributed by atoms with E-state index < -0.39 is 36.1 Å². The Morgan fingerprint density at radius 2 is 1.88 bits per heavy atom. The maximum Gasteiger partial charge on any atom is 0.422 e. The van der Waals surface area contributed by atoms with E-state index in [9.17, 15) is 27.9 Å². The summed E-state index contributed by atoms with van der Waals surface area (Å²) in [6.45, 7) is 4.89. The smallest absolute Gasteiger partial charge is 0.422 e. The van der Waals surface area contributed by atoms with E-state index in [1.807, 2.05) is 0 Å². The van der Waals surface area contributed by atoms with Crippen molar-refractivity contribution < 1.29 is 32.6 Å². The highest BCUT2D eigenvalue weighted by atomic mass is 19.4. The molecule has 25 heavy (non-hydrogen) atoms. The van der Waals surface area contributed by atoms with E-state index in [2.05, 4.69) is 9.72 Å². The summed E-state index contributed by atoms with van der Waals surface area (Å²) >= 11 is 0. The molecule has 10 heteroatoms. The van der Waals surface area contributed by atoms with Crippen molar-refractivity contribution >= 4 is 17.8 Å². The van der Waals surface area contributed by atoms with Crippen molar-refractivity contribution in [3.05, 3.63) is 17.2 Å². The van der Waals surface area contributed by atoms with Gasteiger partial charge in [0.25, 0.3) is 5.91 Å². The van der Waals surface area contributed by atoms with Crippen LogP contribution in [-0.4, -0.2) is 41.4 Å². The number of carbonyl (C=O) groups excluding carboxylic acids is 1. The van der Waals surface area contributed by atoms with Gasteiger partial charge in [-0.3, -0.25) is 9.69 Å². The number of carbonyl (C=O) groups is 2. The number of halogens is 3. The fourth-order valence-corrected chi connectivity index (χ4v) is 2.14. The first-order valence-corrected chi connectivity index (χ1v) is 7.33. The fraction of sp³-hybridized carbons (Fsp3) is 0.533. The van der Waals surface area contributed by atoms with Gasteiger partial charge in [-0.15, -0.1) is 0 Å². The van der Waals surface area contributed by atoms with Crippen LogP contribution in [0.15, 0.2) is 6.07 Å². The van der Waals surface area contributed by atoms with E-state index in [0.29, 0.717) is 0 Å². The molecule has 1 rings (SSSR count). The van der Waals surface area contributed by atoms with Crippen LogP contribution in [-0.2, 0) is 5.41 Å². The maximum atomic E-state index is 12.4. The molecule has 3 N–H and O–H groups in total. The Labute approximate surface area is 142 Å². The number of hydrogen-bond donors (Lipinski definition) is 2. The first-order valence-electron chi connectivity index (χ1n) is 7.33. The van der Waals surface area contributed by atoms with Crippen molar-refractivity contribution in [1.29, 1.82) is 0 Å². The van der Waals surface area contributed by atoms with Crippen molar-refractivity contribution in [1.82, 2.24) is 4.98 Å². The number of nitrogens with zero attached hydrogens (tertiary/aromatic N) is 2. The Morgan fingerprint density at radius 3 is 2.24 bits per heavy atom. The number of amides is 2. The Bertz CT molecular complexity index is 669. The Balaban J connectivity index is 3.64. The van der Waals surface area contributed by atoms with Crippen molar-refractivity contribution in [2.75, 3.05) is 18.1 Å². The van der Waals surface area contributed by atoms with Crippen LogP contribution in [0.3, 0.4) is 0 Å². The molecule has 0 unspecified atom stereocenters. The lowest BCUT2D eigenvalue weighted by molar-refractivity contribution is -0.154. The Kier molecular flexibility index (Phi) is 5.88. The van der Waals surface area contributed by atoms with E-state index in [1.165, 1.54) is 13.0 Å². The molecule has 0 fully saturated rings. The van der Waals surface area contributed by atoms with E-state index in [4.69, 9.17) is 5.73 Å². The molecule has 140 valence electrons. The zero-order valence-corrected chi connectivity index (χ0v) is 14.3. The lowest BCUT2D eigenvalue weighted by Gasteiger charge is -2.27. The highest BCUT2D eigenvalue weighted by molar-refractivity contribution is 6.03. The zero-order valence-electron chi connectivity index (χ0n) is 14.3. The summed E-state index contributed by atoms with van der Waals surface area (Å²) < 4.78 is 41.9. The first kappa shape index (κ1) is 20.5. The largest absolute Gasteiger partial charge is 0.468 e. The number of carboxylic acid groups (broad SMARTS) is 1. The number of anilines is 1. The summed E-state index contributed by atoms with van der Waals surface area (Å²) in [4.78, 5) is 27.8. The van der Waals surface area contributed by atoms with Crippen molar-refractivity contribution in [3.63, 3.8) is 0 Å². The minimum Gasteiger partial charge on any atom is -0.468 e. The van der Waals surface area contributed by atoms with Crippen LogP contribution in [0.1, 0.15) is 43.6 Å². The number of aromatic nitrogens is 1. The van der Waals surface area contributed by atoms with Gasteiger partial charge in [0.15, 0.2) is 12.4 Å². The third-order valence-corrected chi connectivity index (χ3v) is 3.22. The molecule has 0 radical (unpaired) electrons. The van der Waals surface area contributed by atoms with Gasteiger partial charge in [-0.25, -0.2) is 4.79 Å². The van der Waals surface area contributed by atoms with E-state index >= 15 is 0 Å². The average Bonchev–Trinajstić information content (AvgIpc) is 2.42. The van der Waals surface area contributed by atoms with Crippen molar-refractivity contribution in [3.8, 4) is 5.88 Å². The molecule has 0 aliphatic carbocycles. The summed E-state index contributed by atoms with van der Waals surface area (Å²) in [5.74, 6) is -1.73. The van der Waals surface area contributed by atoms with Crippen molar-refractivity contribution in [2.45, 2.75) is 39.3 Å². The van der Waals surface area contributed by atoms with Gasteiger partial charge >= 0.3 is 12.3 Å². The highest BCUT2D eigenvalue weighted by Crippen LogP contribution is 2.34. The summed E-state index contributed by atoms with van der Waals surface area (Å²) in [5.41, 5.74) is 4.72. The van der Waals surface area contributed by atoms with Gasteiger partial charge in [0.05, 0.1) is 5.56 Å². The van der Waals surface area contributed by atoms with Crippen molar-refractivity contribution in [2.24, 2.45) is 5.73 Å². The van der Waals surface area contributed by atoms with Crippen LogP contribution in [0, 0.1) is 0 Å². The number of ether oxygens (including phenoxy) is 1. The lowest BCUT2D eigenvalue weighted by atomic mass is 9.84. The minimum absolute atomic E-state index is 0.0884. The molecule has 0 aromatic carbocycles. The molecule has 0 atom stereocenters. The SMILES string of the molecule is CCN(C(=O)O)c1nc(OCC(F)(F)F)cc(C(C)(C)C)c1C(N)=O. The van der Waals surface area contributed by atoms with Crippen LogP contribution in [0.2, 0.25) is 0 Å². The van der Waals surface area contributed by atoms with E-state index in [-0.39, 0.29) is 23.5 Å². The maximum absolute atomic E-state index is 12.4. The summed E-state index contributed by atoms with van der Waals surface area (Å²) in [6.07, 6.45) is -6.02. The predicted molar refractivity (Wildman–Crippen MR) is 84.0 cm³/mol. The van der Waals surface area contributed by atoms with Gasteiger partial charge in [-0.1, -0.05) is 20.8 Å². The normalized spacial score (nSPS) is 12.0. The van der Waals surface area contributed by atoms with Crippen LogP contribution in [0.5, 0.6) is 5.88 Å². The molecule has 0 saturated heterocycles. The second kappa shape index (κ2) is 7.16. The summed E-state index contributed by atoms with van der Waals surface area (Å²) in [7, 11) is 0. The Morgan fingerprint density at radius 1 is 1.32 bits per heavy atom. The average molecular weight is 363 g/mol. The minimum atomic E-state index is -4.59. The number of nitrogens with two attached hydrogens (primary N) is 1. The second-order valence-corrected chi connectivity index (χ2v) is 6.25. The molecule has 0 spiro atoms. The second-order valence-electron chi connectivity index (χ2n) is 6.25. The monoisotopic (exact) mass is 363 g/mol. The van der Waals surface area contributed by atoms with Gasteiger partial charge in [-0.05, 0) is 17.9 Å². The number of primary amides is 1. The van der Waals surface area contributed by atoms with Crippen LogP contribution in [0.4, 0.5) is 23.8 Å². The zero-order chi connectivity index (χ0) is 19.6. The molecule has 0 aliphatic rings. The third-order valence-electron chi connectivity index (χ3n) is 3.22. The fourth-order valence-electron chi connectivity index (χ4n) is 2.14. The van der Waals surface area contributed by atoms with Crippen LogP contribution in [0.25, 0.3) is 0 Å². The molecular weight excluding hydrogens is 343 g/mol. The quantitative estimate of drug-likeness (QED) is 0.837. The standard InChI is InChI=1S/C15H20F3N3O4/c1-5-21(13(23)24)12-10(11(19)22)8(14(2,3)4)6-9(20-12)25-7-15(16,17)18/h6H,5,7H2,1-4H3,(H2,19,22)(H,23,24). The predicted octanol–water partition coefficient (Wildman–Crippen LogP) is 2.92. The summed E-state index contributed by atoms with van der Waals surface area (Å²) in [6, 6.07) is 1.17. The van der Waals surface area contributed by atoms with Gasteiger partial charge in [0, 0.05) is 12.6 Å². The van der Waals surface area contributed by atoms with Crippen LogP contribution < -0.4 is 15.4 Å². The molecule has 1 heterocycles. The molecular formula is C15H20F3N3O4. The van der Waals surface area contributed by atoms with Gasteiger partial charge in [0.1, 0.15) is 0 Å². The molecule has 0 saturated carbocycles. The third kappa shape index (κ3) is 5.23. The number of hydrogen-bond acceptors (Lipinski definition) is 4. The van der Waals surface area contributed by atoms with E-state index in [0.717, 1.165) is 4.90 Å². The van der Waals surface area contributed by atoms with Gasteiger partial charge in [-0.2, -0.15) is 18.2 Å². The topological polar surface area (TPSA) is 106 Å². The number of rotatable bonds is 5. The lowest BCUT2D eigenvalue weighted by Crippen LogP contribution is -2.34. The number of pyridine rings is 1. The molecule has 2 amide bonds. The van der Waals surface area contributed by atoms with Gasteiger partial charge in [0.2, 0.25) is 5.88 Å². The first-order chi connectivity index (χ1) is 11.3.